The van der Waals surface area contributed by atoms with E-state index >= 15 is 0 Å². The summed E-state index contributed by atoms with van der Waals surface area (Å²) in [5, 5.41) is 0. The molecule has 0 aliphatic heterocycles. The summed E-state index contributed by atoms with van der Waals surface area (Å²) in [6, 6.07) is 24.8. The van der Waals surface area contributed by atoms with E-state index in [2.05, 4.69) is 84.2 Å². The molecule has 0 N–H and O–H groups in total. The van der Waals surface area contributed by atoms with Crippen LogP contribution in [0.3, 0.4) is 0 Å². The molecule has 2 aliphatic carbocycles. The van der Waals surface area contributed by atoms with Crippen LogP contribution in [0.4, 0.5) is 0 Å². The average molecular weight is 685 g/mol. The van der Waals surface area contributed by atoms with Crippen molar-refractivity contribution in [1.82, 2.24) is 0 Å². The van der Waals surface area contributed by atoms with Gasteiger partial charge in [-0.1, -0.05) is 78.1 Å². The molecule has 2 aliphatic rings. The second-order valence-corrected chi connectivity index (χ2v) is 15.5. The highest BCUT2D eigenvalue weighted by Gasteiger charge is 2.54. The Balaban J connectivity index is 1.67. The molecule has 51 heavy (non-hydrogen) atoms. The Labute approximate surface area is 304 Å². The number of fused-ring (bicyclic) bond motifs is 5. The molecule has 4 aromatic carbocycles. The first-order chi connectivity index (χ1) is 24.4. The molecule has 0 saturated heterocycles. The maximum Gasteiger partial charge on any atom is 0.135 e. The first kappa shape index (κ1) is 35.9. The highest BCUT2D eigenvalue weighted by molar-refractivity contribution is 5.99. The Morgan fingerprint density at radius 3 is 2.08 bits per heavy atom. The minimum Gasteiger partial charge on any atom is -0.497 e. The molecule has 0 atom stereocenters. The van der Waals surface area contributed by atoms with Gasteiger partial charge in [0.1, 0.15) is 34.5 Å². The zero-order chi connectivity index (χ0) is 36.6. The third kappa shape index (κ3) is 6.79. The summed E-state index contributed by atoms with van der Waals surface area (Å²) in [5.74, 6) is 4.18. The van der Waals surface area contributed by atoms with Crippen molar-refractivity contribution < 1.29 is 23.7 Å². The average Bonchev–Trinajstić information content (AvgIpc) is 3.36. The van der Waals surface area contributed by atoms with Crippen molar-refractivity contribution in [2.45, 2.75) is 65.7 Å². The predicted octanol–water partition coefficient (Wildman–Crippen LogP) is 12.1. The van der Waals surface area contributed by atoms with E-state index in [1.54, 1.807) is 21.3 Å². The van der Waals surface area contributed by atoms with E-state index in [4.69, 9.17) is 23.7 Å². The van der Waals surface area contributed by atoms with E-state index in [1.165, 1.54) is 22.3 Å². The van der Waals surface area contributed by atoms with Crippen LogP contribution in [0.5, 0.6) is 28.7 Å². The summed E-state index contributed by atoms with van der Waals surface area (Å²) in [5.41, 5.74) is 8.69. The summed E-state index contributed by atoms with van der Waals surface area (Å²) >= 11 is 0. The molecule has 0 amide bonds. The maximum atomic E-state index is 6.86. The first-order valence-corrected chi connectivity index (χ1v) is 17.9. The van der Waals surface area contributed by atoms with Gasteiger partial charge < -0.3 is 23.7 Å². The zero-order valence-electron chi connectivity index (χ0n) is 31.6. The van der Waals surface area contributed by atoms with Crippen molar-refractivity contribution in [2.24, 2.45) is 10.8 Å². The minimum atomic E-state index is -0.253. The smallest absolute Gasteiger partial charge is 0.135 e. The Kier molecular flexibility index (Phi) is 9.87. The fourth-order valence-corrected chi connectivity index (χ4v) is 9.16. The molecule has 0 aromatic heterocycles. The largest absolute Gasteiger partial charge is 0.497 e. The van der Waals surface area contributed by atoms with Crippen LogP contribution in [-0.4, -0.2) is 27.9 Å². The molecule has 5 nitrogen and oxygen atoms in total. The van der Waals surface area contributed by atoms with Gasteiger partial charge in [-0.2, -0.15) is 0 Å². The van der Waals surface area contributed by atoms with Gasteiger partial charge in [0.05, 0.1) is 27.9 Å². The zero-order valence-corrected chi connectivity index (χ0v) is 31.6. The number of hydrogen-bond acceptors (Lipinski definition) is 5. The van der Waals surface area contributed by atoms with Crippen molar-refractivity contribution in [3.8, 4) is 39.9 Å². The van der Waals surface area contributed by atoms with Crippen LogP contribution in [0.25, 0.3) is 28.9 Å². The number of ether oxygens (including phenoxy) is 5. The molecule has 0 radical (unpaired) electrons. The number of benzene rings is 4. The van der Waals surface area contributed by atoms with Crippen LogP contribution in [0.2, 0.25) is 0 Å². The van der Waals surface area contributed by atoms with Gasteiger partial charge in [-0.05, 0) is 113 Å². The van der Waals surface area contributed by atoms with Crippen molar-refractivity contribution in [2.75, 3.05) is 27.9 Å². The van der Waals surface area contributed by atoms with Gasteiger partial charge in [-0.15, -0.1) is 0 Å². The Bertz CT molecular complexity index is 1960. The van der Waals surface area contributed by atoms with Gasteiger partial charge >= 0.3 is 0 Å². The summed E-state index contributed by atoms with van der Waals surface area (Å²) in [4.78, 5) is 0. The quantitative estimate of drug-likeness (QED) is 0.0844. The topological polar surface area (TPSA) is 46.2 Å². The Morgan fingerprint density at radius 2 is 1.45 bits per heavy atom. The molecule has 0 heterocycles. The third-order valence-electron chi connectivity index (χ3n) is 10.3. The molecule has 1 spiro atoms. The normalized spacial score (nSPS) is 16.5. The van der Waals surface area contributed by atoms with E-state index in [-0.39, 0.29) is 16.2 Å². The van der Waals surface area contributed by atoms with Gasteiger partial charge in [0.2, 0.25) is 0 Å². The lowest BCUT2D eigenvalue weighted by Gasteiger charge is -2.52. The van der Waals surface area contributed by atoms with Gasteiger partial charge in [0.25, 0.3) is 0 Å². The maximum absolute atomic E-state index is 6.86. The summed E-state index contributed by atoms with van der Waals surface area (Å²) < 4.78 is 30.0. The summed E-state index contributed by atoms with van der Waals surface area (Å²) in [7, 11) is 4.97. The predicted molar refractivity (Wildman–Crippen MR) is 210 cm³/mol. The first-order valence-electron chi connectivity index (χ1n) is 17.9. The fourth-order valence-electron chi connectivity index (χ4n) is 9.16. The molecular formula is C46H52O5. The Hall–Kier alpha value is -4.90. The van der Waals surface area contributed by atoms with Gasteiger partial charge in [0, 0.05) is 28.2 Å². The second-order valence-electron chi connectivity index (χ2n) is 15.5. The van der Waals surface area contributed by atoms with Crippen LogP contribution in [0.15, 0.2) is 91.7 Å². The SMILES string of the molecule is C=Cc1c(Oc2ccc(OCCC)cc2)cc(/C=C(\C(=C)OC)c2ccc(OC)cc2OC)c2c1C1(CC(C)(C)CC(C)(C)C1)c1ccccc1-2. The molecule has 0 unspecified atom stereocenters. The third-order valence-corrected chi connectivity index (χ3v) is 10.3. The minimum absolute atomic E-state index is 0.0993. The van der Waals surface area contributed by atoms with Crippen molar-refractivity contribution in [3.63, 3.8) is 0 Å². The number of rotatable bonds is 12. The molecule has 1 saturated carbocycles. The van der Waals surface area contributed by atoms with Crippen LogP contribution in [-0.2, 0) is 10.2 Å². The van der Waals surface area contributed by atoms with Crippen molar-refractivity contribution >= 4 is 17.7 Å². The summed E-state index contributed by atoms with van der Waals surface area (Å²) in [6.07, 6.45) is 8.27. The molecule has 5 heteroatoms. The van der Waals surface area contributed by atoms with Crippen LogP contribution < -0.4 is 18.9 Å². The highest BCUT2D eigenvalue weighted by atomic mass is 16.5. The number of allylic oxidation sites excluding steroid dienone is 1. The Morgan fingerprint density at radius 1 is 0.784 bits per heavy atom. The van der Waals surface area contributed by atoms with Gasteiger partial charge in [-0.3, -0.25) is 0 Å². The highest BCUT2D eigenvalue weighted by Crippen LogP contribution is 2.65. The van der Waals surface area contributed by atoms with E-state index in [1.807, 2.05) is 48.5 Å². The lowest BCUT2D eigenvalue weighted by atomic mass is 9.52. The van der Waals surface area contributed by atoms with E-state index in [9.17, 15) is 0 Å². The van der Waals surface area contributed by atoms with Crippen LogP contribution >= 0.6 is 0 Å². The van der Waals surface area contributed by atoms with Crippen LogP contribution in [0.1, 0.15) is 88.1 Å². The van der Waals surface area contributed by atoms with Gasteiger partial charge in [0.15, 0.2) is 0 Å². The number of hydrogen-bond donors (Lipinski definition) is 0. The van der Waals surface area contributed by atoms with Crippen molar-refractivity contribution in [3.05, 3.63) is 120 Å². The van der Waals surface area contributed by atoms with E-state index in [0.717, 1.165) is 65.2 Å². The van der Waals surface area contributed by atoms with E-state index in [0.29, 0.717) is 23.9 Å². The molecule has 266 valence electrons. The second kappa shape index (κ2) is 14.0. The van der Waals surface area contributed by atoms with E-state index < -0.39 is 0 Å². The van der Waals surface area contributed by atoms with Crippen LogP contribution in [0, 0.1) is 10.8 Å². The van der Waals surface area contributed by atoms with Gasteiger partial charge in [-0.25, -0.2) is 0 Å². The lowest BCUT2D eigenvalue weighted by Crippen LogP contribution is -2.44. The summed E-state index contributed by atoms with van der Waals surface area (Å²) in [6.45, 7) is 21.2. The molecule has 6 rings (SSSR count). The number of methoxy groups -OCH3 is 3. The fraction of sp³-hybridized carbons (Fsp3) is 0.348. The van der Waals surface area contributed by atoms with Crippen molar-refractivity contribution in [1.29, 1.82) is 0 Å². The molecule has 4 aromatic rings. The molecule has 1 fully saturated rings. The monoisotopic (exact) mass is 684 g/mol. The standard InChI is InChI=1S/C46H52O5/c1-11-23-50-32-17-19-33(20-18-32)51-41-25-31(24-38(30(3)47-8)36-22-21-34(48-9)26-40(36)49-10)42-37-15-13-14-16-39(37)46(43(42)35(41)12-2)28-44(4,5)27-45(6,7)29-46/h12-22,24-26H,2-3,11,23,27-29H2,1,4-10H3/b38-24+. The molecular weight excluding hydrogens is 633 g/mol. The molecule has 0 bridgehead atoms. The lowest BCUT2D eigenvalue weighted by molar-refractivity contribution is 0.0644.